The molecule has 4 N–H and O–H groups in total. The lowest BCUT2D eigenvalue weighted by Crippen LogP contribution is -2.27. The summed E-state index contributed by atoms with van der Waals surface area (Å²) >= 11 is 0. The van der Waals surface area contributed by atoms with Gasteiger partial charge in [0, 0.05) is 19.3 Å². The van der Waals surface area contributed by atoms with E-state index >= 15 is 0 Å². The van der Waals surface area contributed by atoms with E-state index < -0.39 is 7.60 Å². The molecule has 1 unspecified atom stereocenters. The summed E-state index contributed by atoms with van der Waals surface area (Å²) in [4.78, 5) is 22.2. The molecule has 1 aliphatic heterocycles. The van der Waals surface area contributed by atoms with Crippen LogP contribution in [0.15, 0.2) is 6.20 Å². The number of aromatic nitrogens is 6. The quantitative estimate of drug-likeness (QED) is 0.562. The summed E-state index contributed by atoms with van der Waals surface area (Å²) in [5.41, 5.74) is 0.608. The molecular formula is C9H14N7O3P. The molecule has 0 spiro atoms. The van der Waals surface area contributed by atoms with Crippen LogP contribution >= 0.6 is 7.60 Å². The Hall–Kier alpha value is -1.77. The van der Waals surface area contributed by atoms with Crippen molar-refractivity contribution < 1.29 is 14.4 Å². The summed E-state index contributed by atoms with van der Waals surface area (Å²) in [5, 5.41) is 16.7. The van der Waals surface area contributed by atoms with Crippen LogP contribution in [0, 0.1) is 5.92 Å². The molecule has 2 aromatic heterocycles. The number of anilines is 1. The fraction of sp³-hybridized carbons (Fsp3) is 0.556. The van der Waals surface area contributed by atoms with Crippen LogP contribution in [0.1, 0.15) is 6.42 Å². The number of fused-ring (bicyclic) bond motifs is 1. The van der Waals surface area contributed by atoms with Gasteiger partial charge in [0.05, 0.1) is 6.16 Å². The molecule has 0 amide bonds. The first-order valence-electron chi connectivity index (χ1n) is 6.11. The van der Waals surface area contributed by atoms with E-state index in [0.29, 0.717) is 37.0 Å². The molecule has 3 rings (SSSR count). The fourth-order valence-electron chi connectivity index (χ4n) is 2.20. The average molecular weight is 299 g/mol. The summed E-state index contributed by atoms with van der Waals surface area (Å²) in [6.45, 7) is 1.30. The Bertz CT molecular complexity index is 634. The molecule has 108 valence electrons. The minimum Gasteiger partial charge on any atom is -0.355 e. The van der Waals surface area contributed by atoms with Crippen LogP contribution in [0.2, 0.25) is 0 Å². The number of hydrogen-bond donors (Lipinski definition) is 4. The van der Waals surface area contributed by atoms with Gasteiger partial charge in [-0.25, -0.2) is 4.98 Å². The van der Waals surface area contributed by atoms with Crippen molar-refractivity contribution in [1.82, 2.24) is 30.2 Å². The van der Waals surface area contributed by atoms with E-state index in [1.807, 2.05) is 4.57 Å². The monoisotopic (exact) mass is 299 g/mol. The smallest absolute Gasteiger partial charge is 0.325 e. The number of hydrogen-bond acceptors (Lipinski definition) is 6. The predicted octanol–water partition coefficient (Wildman–Crippen LogP) is -0.327. The van der Waals surface area contributed by atoms with Crippen molar-refractivity contribution in [3.63, 3.8) is 0 Å². The Labute approximate surface area is 113 Å². The summed E-state index contributed by atoms with van der Waals surface area (Å²) in [5.74, 6) is 1.28. The van der Waals surface area contributed by atoms with Gasteiger partial charge in [0.2, 0.25) is 11.8 Å². The minimum absolute atomic E-state index is 0.0962. The first-order chi connectivity index (χ1) is 9.51. The highest BCUT2D eigenvalue weighted by atomic mass is 31.2. The third-order valence-electron chi connectivity index (χ3n) is 3.18. The molecule has 1 atom stereocenters. The number of imidazole rings is 1. The third-order valence-corrected chi connectivity index (χ3v) is 4.02. The zero-order chi connectivity index (χ0) is 14.2. The molecule has 11 heteroatoms. The lowest BCUT2D eigenvalue weighted by atomic mass is 10.1. The summed E-state index contributed by atoms with van der Waals surface area (Å²) in [6.07, 6.45) is 2.17. The van der Waals surface area contributed by atoms with E-state index in [0.717, 1.165) is 0 Å². The van der Waals surface area contributed by atoms with Crippen molar-refractivity contribution in [3.05, 3.63) is 6.20 Å². The lowest BCUT2D eigenvalue weighted by Gasteiger charge is -2.24. The average Bonchev–Trinajstić information content (AvgIpc) is 3.03. The second kappa shape index (κ2) is 4.97. The molecule has 0 saturated heterocycles. The van der Waals surface area contributed by atoms with Gasteiger partial charge in [-0.05, 0) is 17.6 Å². The van der Waals surface area contributed by atoms with Gasteiger partial charge in [-0.1, -0.05) is 0 Å². The minimum atomic E-state index is -3.94. The topological polar surface area (TPSA) is 142 Å². The predicted molar refractivity (Wildman–Crippen MR) is 68.9 cm³/mol. The SMILES string of the molecule is O=P(O)(O)CCC1CNc2nc(-c3nn[nH]n3)cn2C1. The van der Waals surface area contributed by atoms with Crippen molar-refractivity contribution in [2.24, 2.45) is 5.92 Å². The van der Waals surface area contributed by atoms with Gasteiger partial charge in [0.25, 0.3) is 0 Å². The largest absolute Gasteiger partial charge is 0.355 e. The summed E-state index contributed by atoms with van der Waals surface area (Å²) in [6, 6.07) is 0. The molecule has 3 heterocycles. The van der Waals surface area contributed by atoms with Crippen LogP contribution in [0.25, 0.3) is 11.5 Å². The van der Waals surface area contributed by atoms with Gasteiger partial charge < -0.3 is 19.7 Å². The van der Waals surface area contributed by atoms with Crippen LogP contribution < -0.4 is 5.32 Å². The molecule has 0 bridgehead atoms. The molecule has 10 nitrogen and oxygen atoms in total. The number of nitrogens with one attached hydrogen (secondary N) is 2. The van der Waals surface area contributed by atoms with Crippen molar-refractivity contribution in [3.8, 4) is 11.5 Å². The molecule has 0 fully saturated rings. The van der Waals surface area contributed by atoms with E-state index in [9.17, 15) is 4.57 Å². The normalized spacial score (nSPS) is 18.6. The van der Waals surface area contributed by atoms with E-state index in [-0.39, 0.29) is 12.1 Å². The highest BCUT2D eigenvalue weighted by molar-refractivity contribution is 7.51. The zero-order valence-electron chi connectivity index (χ0n) is 10.5. The van der Waals surface area contributed by atoms with Crippen molar-refractivity contribution in [2.45, 2.75) is 13.0 Å². The Kier molecular flexibility index (Phi) is 3.28. The van der Waals surface area contributed by atoms with E-state index in [2.05, 4.69) is 30.9 Å². The number of aromatic amines is 1. The lowest BCUT2D eigenvalue weighted by molar-refractivity contribution is 0.358. The van der Waals surface area contributed by atoms with Gasteiger partial charge in [-0.2, -0.15) is 5.21 Å². The maximum Gasteiger partial charge on any atom is 0.325 e. The fourth-order valence-corrected chi connectivity index (χ4v) is 2.90. The van der Waals surface area contributed by atoms with E-state index in [1.54, 1.807) is 6.20 Å². The second-order valence-electron chi connectivity index (χ2n) is 4.76. The molecule has 0 saturated carbocycles. The van der Waals surface area contributed by atoms with Crippen molar-refractivity contribution in [1.29, 1.82) is 0 Å². The molecule has 2 aromatic rings. The highest BCUT2D eigenvalue weighted by Crippen LogP contribution is 2.37. The van der Waals surface area contributed by atoms with E-state index in [4.69, 9.17) is 9.79 Å². The van der Waals surface area contributed by atoms with Crippen molar-refractivity contribution >= 4 is 13.5 Å². The summed E-state index contributed by atoms with van der Waals surface area (Å²) < 4.78 is 12.8. The van der Waals surface area contributed by atoms with Crippen molar-refractivity contribution in [2.75, 3.05) is 18.0 Å². The first kappa shape index (κ1) is 13.2. The molecule has 1 aliphatic rings. The van der Waals surface area contributed by atoms with Crippen LogP contribution in [0.3, 0.4) is 0 Å². The Morgan fingerprint density at radius 1 is 1.50 bits per heavy atom. The van der Waals surface area contributed by atoms with Gasteiger partial charge >= 0.3 is 7.60 Å². The molecular weight excluding hydrogens is 285 g/mol. The van der Waals surface area contributed by atoms with Crippen LogP contribution in [0.4, 0.5) is 5.95 Å². The Morgan fingerprint density at radius 3 is 3.05 bits per heavy atom. The number of rotatable bonds is 4. The first-order valence-corrected chi connectivity index (χ1v) is 7.90. The molecule has 0 aromatic carbocycles. The Morgan fingerprint density at radius 2 is 2.35 bits per heavy atom. The second-order valence-corrected chi connectivity index (χ2v) is 6.54. The zero-order valence-corrected chi connectivity index (χ0v) is 11.4. The van der Waals surface area contributed by atoms with Gasteiger partial charge in [-0.15, -0.1) is 10.2 Å². The number of tetrazole rings is 1. The number of H-pyrrole nitrogens is 1. The highest BCUT2D eigenvalue weighted by Gasteiger charge is 2.24. The van der Waals surface area contributed by atoms with Crippen LogP contribution in [-0.4, -0.2) is 52.7 Å². The molecule has 0 aliphatic carbocycles. The van der Waals surface area contributed by atoms with E-state index in [1.165, 1.54) is 0 Å². The maximum absolute atomic E-state index is 10.9. The molecule has 20 heavy (non-hydrogen) atoms. The maximum atomic E-state index is 10.9. The molecule has 0 radical (unpaired) electrons. The van der Waals surface area contributed by atoms with Gasteiger partial charge in [-0.3, -0.25) is 4.57 Å². The van der Waals surface area contributed by atoms with Crippen LogP contribution in [0.5, 0.6) is 0 Å². The standard InChI is InChI=1S/C9H14N7O3P/c17-20(18,19)2-1-6-3-10-9-11-7(5-16(9)4-6)8-12-14-15-13-8/h5-6H,1-4H2,(H,10,11)(H2,17,18,19)(H,12,13,14,15). The third kappa shape index (κ3) is 2.87. The van der Waals surface area contributed by atoms with Crippen LogP contribution in [-0.2, 0) is 11.1 Å². The van der Waals surface area contributed by atoms with Gasteiger partial charge in [0.1, 0.15) is 5.69 Å². The van der Waals surface area contributed by atoms with Gasteiger partial charge in [0.15, 0.2) is 0 Å². The summed E-state index contributed by atoms with van der Waals surface area (Å²) in [7, 11) is -3.94. The number of nitrogens with zero attached hydrogens (tertiary/aromatic N) is 5. The Balaban J connectivity index is 1.70.